The average molecular weight is 322 g/mol. The summed E-state index contributed by atoms with van der Waals surface area (Å²) in [5.74, 6) is 0.701. The van der Waals surface area contributed by atoms with Gasteiger partial charge in [0.05, 0.1) is 30.0 Å². The van der Waals surface area contributed by atoms with Gasteiger partial charge in [0, 0.05) is 11.3 Å². The van der Waals surface area contributed by atoms with Gasteiger partial charge >= 0.3 is 0 Å². The van der Waals surface area contributed by atoms with Crippen LogP contribution in [-0.4, -0.2) is 29.8 Å². The number of ether oxygens (including phenoxy) is 2. The van der Waals surface area contributed by atoms with Crippen LogP contribution in [0.25, 0.3) is 0 Å². The summed E-state index contributed by atoms with van der Waals surface area (Å²) < 4.78 is 11.2. The summed E-state index contributed by atoms with van der Waals surface area (Å²) >= 11 is 6.65. The largest absolute Gasteiger partial charge is 0.490 e. The molecule has 1 aromatic heterocycles. The van der Waals surface area contributed by atoms with Gasteiger partial charge in [0.25, 0.3) is 0 Å². The van der Waals surface area contributed by atoms with Gasteiger partial charge in [-0.05, 0) is 19.1 Å². The molecule has 0 radical (unpaired) electrons. The Morgan fingerprint density at radius 3 is 2.81 bits per heavy atom. The number of hydrogen-bond acceptors (Lipinski definition) is 5. The molecule has 0 atom stereocenters. The van der Waals surface area contributed by atoms with Crippen molar-refractivity contribution < 1.29 is 9.47 Å². The maximum absolute atomic E-state index is 5.66. The summed E-state index contributed by atoms with van der Waals surface area (Å²) in [5, 5.41) is 0. The van der Waals surface area contributed by atoms with Crippen molar-refractivity contribution in [1.82, 2.24) is 4.98 Å². The Bertz CT molecular complexity index is 599. The van der Waals surface area contributed by atoms with Gasteiger partial charge in [-0.3, -0.25) is 0 Å². The number of aryl methyl sites for hydroxylation is 1. The molecule has 0 aliphatic rings. The van der Waals surface area contributed by atoms with Gasteiger partial charge in [0.15, 0.2) is 0 Å². The number of benzene rings is 1. The summed E-state index contributed by atoms with van der Waals surface area (Å²) in [6, 6.07) is 7.49. The van der Waals surface area contributed by atoms with Crippen LogP contribution in [0.1, 0.15) is 16.1 Å². The highest BCUT2D eigenvalue weighted by Crippen LogP contribution is 2.17. The molecule has 1 heterocycles. The third-order valence-corrected chi connectivity index (χ3v) is 4.17. The second-order valence-corrected chi connectivity index (χ2v) is 5.81. The van der Waals surface area contributed by atoms with Crippen LogP contribution in [0.15, 0.2) is 29.8 Å². The van der Waals surface area contributed by atoms with Crippen LogP contribution in [0.3, 0.4) is 0 Å². The SMILES string of the molecule is Cc1ncsc1CCOCCOc1ccccc1C(N)=S. The van der Waals surface area contributed by atoms with E-state index in [0.717, 1.165) is 17.7 Å². The third kappa shape index (κ3) is 4.77. The predicted molar refractivity (Wildman–Crippen MR) is 89.2 cm³/mol. The molecule has 0 fully saturated rings. The van der Waals surface area contributed by atoms with Crippen molar-refractivity contribution in [2.75, 3.05) is 19.8 Å². The van der Waals surface area contributed by atoms with E-state index in [2.05, 4.69) is 4.98 Å². The molecule has 1 aromatic carbocycles. The van der Waals surface area contributed by atoms with E-state index in [1.165, 1.54) is 4.88 Å². The zero-order valence-electron chi connectivity index (χ0n) is 11.9. The molecular formula is C15H18N2O2S2. The quantitative estimate of drug-likeness (QED) is 0.598. The van der Waals surface area contributed by atoms with Crippen molar-refractivity contribution >= 4 is 28.5 Å². The zero-order chi connectivity index (χ0) is 15.1. The van der Waals surface area contributed by atoms with E-state index in [4.69, 9.17) is 27.4 Å². The van der Waals surface area contributed by atoms with E-state index in [1.54, 1.807) is 11.3 Å². The van der Waals surface area contributed by atoms with E-state index in [-0.39, 0.29) is 0 Å². The first-order valence-corrected chi connectivity index (χ1v) is 7.95. The van der Waals surface area contributed by atoms with Crippen LogP contribution >= 0.6 is 23.6 Å². The number of hydrogen-bond donors (Lipinski definition) is 1. The standard InChI is InChI=1S/C15H18N2O2S2/c1-11-14(21-10-17-11)6-7-18-8-9-19-13-5-3-2-4-12(13)15(16)20/h2-5,10H,6-9H2,1H3,(H2,16,20). The maximum atomic E-state index is 5.66. The zero-order valence-corrected chi connectivity index (χ0v) is 13.5. The Morgan fingerprint density at radius 2 is 2.10 bits per heavy atom. The maximum Gasteiger partial charge on any atom is 0.129 e. The molecule has 0 saturated carbocycles. The normalized spacial score (nSPS) is 10.5. The van der Waals surface area contributed by atoms with Crippen molar-refractivity contribution in [3.05, 3.63) is 45.9 Å². The summed E-state index contributed by atoms with van der Waals surface area (Å²) in [7, 11) is 0. The molecule has 0 saturated heterocycles. The first-order chi connectivity index (χ1) is 10.2. The second kappa shape index (κ2) is 8.07. The minimum absolute atomic E-state index is 0.340. The van der Waals surface area contributed by atoms with Crippen LogP contribution in [0.4, 0.5) is 0 Å². The lowest BCUT2D eigenvalue weighted by Crippen LogP contribution is -2.14. The lowest BCUT2D eigenvalue weighted by molar-refractivity contribution is 0.103. The fourth-order valence-corrected chi connectivity index (χ4v) is 2.77. The number of nitrogens with two attached hydrogens (primary N) is 1. The molecular weight excluding hydrogens is 304 g/mol. The lowest BCUT2D eigenvalue weighted by Gasteiger charge is -2.10. The topological polar surface area (TPSA) is 57.4 Å². The number of thiocarbonyl (C=S) groups is 1. The fourth-order valence-electron chi connectivity index (χ4n) is 1.84. The highest BCUT2D eigenvalue weighted by molar-refractivity contribution is 7.80. The van der Waals surface area contributed by atoms with Crippen LogP contribution in [-0.2, 0) is 11.2 Å². The van der Waals surface area contributed by atoms with Gasteiger partial charge in [-0.2, -0.15) is 0 Å². The highest BCUT2D eigenvalue weighted by atomic mass is 32.1. The number of aromatic nitrogens is 1. The Morgan fingerprint density at radius 1 is 1.29 bits per heavy atom. The monoisotopic (exact) mass is 322 g/mol. The van der Waals surface area contributed by atoms with Gasteiger partial charge in [-0.15, -0.1) is 11.3 Å². The molecule has 6 heteroatoms. The molecule has 2 rings (SSSR count). The molecule has 0 aliphatic carbocycles. The Balaban J connectivity index is 1.68. The van der Waals surface area contributed by atoms with E-state index in [1.807, 2.05) is 36.7 Å². The minimum Gasteiger partial charge on any atom is -0.490 e. The molecule has 2 N–H and O–H groups in total. The van der Waals surface area contributed by atoms with E-state index in [9.17, 15) is 0 Å². The summed E-state index contributed by atoms with van der Waals surface area (Å²) in [5.41, 5.74) is 9.36. The van der Waals surface area contributed by atoms with Crippen molar-refractivity contribution in [2.24, 2.45) is 5.73 Å². The molecule has 4 nitrogen and oxygen atoms in total. The van der Waals surface area contributed by atoms with Crippen LogP contribution in [0, 0.1) is 6.92 Å². The van der Waals surface area contributed by atoms with Crippen LogP contribution < -0.4 is 10.5 Å². The Labute approximate surface area is 133 Å². The molecule has 0 aliphatic heterocycles. The van der Waals surface area contributed by atoms with Gasteiger partial charge in [0.2, 0.25) is 0 Å². The fraction of sp³-hybridized carbons (Fsp3) is 0.333. The molecule has 0 bridgehead atoms. The van der Waals surface area contributed by atoms with Crippen LogP contribution in [0.5, 0.6) is 5.75 Å². The molecule has 0 unspecified atom stereocenters. The smallest absolute Gasteiger partial charge is 0.129 e. The van der Waals surface area contributed by atoms with Crippen molar-refractivity contribution in [1.29, 1.82) is 0 Å². The van der Waals surface area contributed by atoms with E-state index < -0.39 is 0 Å². The summed E-state index contributed by atoms with van der Waals surface area (Å²) in [4.78, 5) is 5.82. The molecule has 21 heavy (non-hydrogen) atoms. The van der Waals surface area contributed by atoms with Crippen LogP contribution in [0.2, 0.25) is 0 Å². The number of para-hydroxylation sites is 1. The first kappa shape index (κ1) is 15.9. The second-order valence-electron chi connectivity index (χ2n) is 4.43. The summed E-state index contributed by atoms with van der Waals surface area (Å²) in [6.07, 6.45) is 0.889. The number of nitrogens with zero attached hydrogens (tertiary/aromatic N) is 1. The average Bonchev–Trinajstić information content (AvgIpc) is 2.88. The highest BCUT2D eigenvalue weighted by Gasteiger charge is 2.05. The lowest BCUT2D eigenvalue weighted by atomic mass is 10.2. The molecule has 112 valence electrons. The van der Waals surface area contributed by atoms with Gasteiger partial charge in [-0.1, -0.05) is 24.4 Å². The number of rotatable bonds is 8. The minimum atomic E-state index is 0.340. The number of thiazole rings is 1. The Kier molecular flexibility index (Phi) is 6.10. The van der Waals surface area contributed by atoms with Gasteiger partial charge < -0.3 is 15.2 Å². The van der Waals surface area contributed by atoms with Gasteiger partial charge in [-0.25, -0.2) is 4.98 Å². The predicted octanol–water partition coefficient (Wildman–Crippen LogP) is 2.72. The van der Waals surface area contributed by atoms with Gasteiger partial charge in [0.1, 0.15) is 17.3 Å². The van der Waals surface area contributed by atoms with Crippen molar-refractivity contribution in [3.63, 3.8) is 0 Å². The van der Waals surface area contributed by atoms with Crippen molar-refractivity contribution in [2.45, 2.75) is 13.3 Å². The summed E-state index contributed by atoms with van der Waals surface area (Å²) in [6.45, 7) is 3.69. The molecule has 0 spiro atoms. The first-order valence-electron chi connectivity index (χ1n) is 6.67. The Hall–Kier alpha value is -1.50. The van der Waals surface area contributed by atoms with Crippen molar-refractivity contribution in [3.8, 4) is 5.75 Å². The molecule has 2 aromatic rings. The molecule has 0 amide bonds. The van der Waals surface area contributed by atoms with E-state index >= 15 is 0 Å². The van der Waals surface area contributed by atoms with E-state index in [0.29, 0.717) is 30.6 Å². The third-order valence-electron chi connectivity index (χ3n) is 2.96.